The van der Waals surface area contributed by atoms with Gasteiger partial charge in [-0.1, -0.05) is 13.0 Å². The molecule has 0 fully saturated rings. The van der Waals surface area contributed by atoms with Gasteiger partial charge in [-0.05, 0) is 69.0 Å². The van der Waals surface area contributed by atoms with Crippen LogP contribution >= 0.6 is 0 Å². The van der Waals surface area contributed by atoms with Crippen LogP contribution in [0.2, 0.25) is 0 Å². The van der Waals surface area contributed by atoms with E-state index in [0.717, 1.165) is 25.3 Å². The Balaban J connectivity index is 1.86. The smallest absolute Gasteiger partial charge is 0.119 e. The molecule has 0 aliphatic heterocycles. The Morgan fingerprint density at radius 2 is 2.12 bits per heavy atom. The Hall–Kier alpha value is -1.02. The molecule has 2 rings (SSSR count). The van der Waals surface area contributed by atoms with Gasteiger partial charge in [0.1, 0.15) is 5.75 Å². The first-order valence-electron chi connectivity index (χ1n) is 6.78. The molecule has 0 saturated carbocycles. The van der Waals surface area contributed by atoms with Gasteiger partial charge < -0.3 is 10.1 Å². The summed E-state index contributed by atoms with van der Waals surface area (Å²) in [7, 11) is 0. The average Bonchev–Trinajstić information content (AvgIpc) is 2.76. The predicted molar refractivity (Wildman–Crippen MR) is 71.7 cm³/mol. The maximum atomic E-state index is 5.95. The van der Waals surface area contributed by atoms with Crippen molar-refractivity contribution in [1.29, 1.82) is 0 Å². The van der Waals surface area contributed by atoms with Gasteiger partial charge in [-0.25, -0.2) is 0 Å². The third-order valence-electron chi connectivity index (χ3n) is 3.38. The fourth-order valence-electron chi connectivity index (χ4n) is 2.39. The van der Waals surface area contributed by atoms with Crippen LogP contribution in [0.25, 0.3) is 0 Å². The number of rotatable bonds is 6. The van der Waals surface area contributed by atoms with E-state index in [1.54, 1.807) is 0 Å². The van der Waals surface area contributed by atoms with Gasteiger partial charge in [-0.2, -0.15) is 0 Å². The zero-order valence-corrected chi connectivity index (χ0v) is 11.0. The molecule has 1 aromatic carbocycles. The van der Waals surface area contributed by atoms with Crippen molar-refractivity contribution >= 4 is 0 Å². The molecule has 0 spiro atoms. The second kappa shape index (κ2) is 6.06. The third-order valence-corrected chi connectivity index (χ3v) is 3.38. The molecular formula is C15H23NO. The minimum atomic E-state index is 0.286. The van der Waals surface area contributed by atoms with Crippen LogP contribution in [0.4, 0.5) is 0 Å². The summed E-state index contributed by atoms with van der Waals surface area (Å²) in [5, 5.41) is 3.33. The second-order valence-corrected chi connectivity index (χ2v) is 4.85. The zero-order chi connectivity index (χ0) is 12.1. The Kier molecular flexibility index (Phi) is 4.43. The van der Waals surface area contributed by atoms with Crippen LogP contribution in [0.1, 0.15) is 37.8 Å². The number of nitrogens with one attached hydrogen (secondary N) is 1. The SMILES string of the molecule is CCNCCC(C)Oc1ccc2c(c1)CCC2. The molecular weight excluding hydrogens is 210 g/mol. The molecule has 1 aliphatic carbocycles. The lowest BCUT2D eigenvalue weighted by molar-refractivity contribution is 0.210. The highest BCUT2D eigenvalue weighted by Gasteiger charge is 2.12. The Labute approximate surface area is 104 Å². The highest BCUT2D eigenvalue weighted by Crippen LogP contribution is 2.26. The van der Waals surface area contributed by atoms with Crippen molar-refractivity contribution in [2.24, 2.45) is 0 Å². The monoisotopic (exact) mass is 233 g/mol. The van der Waals surface area contributed by atoms with Crippen LogP contribution in [0.5, 0.6) is 5.75 Å². The summed E-state index contributed by atoms with van der Waals surface area (Å²) in [6, 6.07) is 6.58. The fraction of sp³-hybridized carbons (Fsp3) is 0.600. The molecule has 0 aromatic heterocycles. The number of aryl methyl sites for hydroxylation is 2. The minimum absolute atomic E-state index is 0.286. The topological polar surface area (TPSA) is 21.3 Å². The van der Waals surface area contributed by atoms with Gasteiger partial charge in [0, 0.05) is 0 Å². The molecule has 2 heteroatoms. The second-order valence-electron chi connectivity index (χ2n) is 4.85. The molecule has 1 atom stereocenters. The molecule has 1 aliphatic rings. The van der Waals surface area contributed by atoms with Crippen LogP contribution in [0, 0.1) is 0 Å². The van der Waals surface area contributed by atoms with Crippen molar-refractivity contribution in [3.63, 3.8) is 0 Å². The van der Waals surface area contributed by atoms with Crippen molar-refractivity contribution in [3.8, 4) is 5.75 Å². The van der Waals surface area contributed by atoms with E-state index in [2.05, 4.69) is 37.4 Å². The number of hydrogen-bond donors (Lipinski definition) is 1. The first-order chi connectivity index (χ1) is 8.29. The molecule has 0 saturated heterocycles. The molecule has 94 valence electrons. The van der Waals surface area contributed by atoms with E-state index in [1.807, 2.05) is 0 Å². The van der Waals surface area contributed by atoms with Gasteiger partial charge >= 0.3 is 0 Å². The molecule has 1 N–H and O–H groups in total. The minimum Gasteiger partial charge on any atom is -0.491 e. The normalized spacial score (nSPS) is 15.6. The maximum Gasteiger partial charge on any atom is 0.119 e. The van der Waals surface area contributed by atoms with Gasteiger partial charge in [0.15, 0.2) is 0 Å². The Morgan fingerprint density at radius 1 is 1.29 bits per heavy atom. The van der Waals surface area contributed by atoms with E-state index in [-0.39, 0.29) is 6.10 Å². The third kappa shape index (κ3) is 3.47. The molecule has 1 aromatic rings. The van der Waals surface area contributed by atoms with Crippen molar-refractivity contribution in [2.45, 2.75) is 45.6 Å². The number of benzene rings is 1. The van der Waals surface area contributed by atoms with Crippen LogP contribution in [0.3, 0.4) is 0 Å². The Morgan fingerprint density at radius 3 is 2.94 bits per heavy atom. The van der Waals surface area contributed by atoms with Crippen molar-refractivity contribution < 1.29 is 4.74 Å². The summed E-state index contributed by atoms with van der Waals surface area (Å²) < 4.78 is 5.95. The van der Waals surface area contributed by atoms with E-state index in [0.29, 0.717) is 0 Å². The van der Waals surface area contributed by atoms with Crippen LogP contribution in [0.15, 0.2) is 18.2 Å². The number of fused-ring (bicyclic) bond motifs is 1. The lowest BCUT2D eigenvalue weighted by atomic mass is 10.1. The van der Waals surface area contributed by atoms with E-state index in [1.165, 1.54) is 30.4 Å². The summed E-state index contributed by atoms with van der Waals surface area (Å²) in [4.78, 5) is 0. The van der Waals surface area contributed by atoms with Crippen molar-refractivity contribution in [3.05, 3.63) is 29.3 Å². The zero-order valence-electron chi connectivity index (χ0n) is 11.0. The summed E-state index contributed by atoms with van der Waals surface area (Å²) in [6.45, 7) is 6.34. The molecule has 0 bridgehead atoms. The van der Waals surface area contributed by atoms with E-state index in [4.69, 9.17) is 4.74 Å². The molecule has 1 unspecified atom stereocenters. The first kappa shape index (κ1) is 12.4. The van der Waals surface area contributed by atoms with E-state index >= 15 is 0 Å². The number of ether oxygens (including phenoxy) is 1. The van der Waals surface area contributed by atoms with Crippen molar-refractivity contribution in [1.82, 2.24) is 5.32 Å². The molecule has 17 heavy (non-hydrogen) atoms. The van der Waals surface area contributed by atoms with E-state index < -0.39 is 0 Å². The summed E-state index contributed by atoms with van der Waals surface area (Å²) in [5.74, 6) is 1.04. The van der Waals surface area contributed by atoms with Gasteiger partial charge in [-0.15, -0.1) is 0 Å². The quantitative estimate of drug-likeness (QED) is 0.763. The largest absolute Gasteiger partial charge is 0.491 e. The molecule has 0 amide bonds. The van der Waals surface area contributed by atoms with Gasteiger partial charge in [0.25, 0.3) is 0 Å². The van der Waals surface area contributed by atoms with Crippen LogP contribution in [-0.4, -0.2) is 19.2 Å². The lowest BCUT2D eigenvalue weighted by Crippen LogP contribution is -2.21. The average molecular weight is 233 g/mol. The standard InChI is InChI=1S/C15H23NO/c1-3-16-10-9-12(2)17-15-8-7-13-5-4-6-14(13)11-15/h7-8,11-12,16H,3-6,9-10H2,1-2H3. The summed E-state index contributed by atoms with van der Waals surface area (Å²) in [6.07, 6.45) is 5.11. The fourth-order valence-corrected chi connectivity index (χ4v) is 2.39. The maximum absolute atomic E-state index is 5.95. The Bertz CT molecular complexity index is 362. The molecule has 0 radical (unpaired) electrons. The van der Waals surface area contributed by atoms with E-state index in [9.17, 15) is 0 Å². The lowest BCUT2D eigenvalue weighted by Gasteiger charge is -2.15. The van der Waals surface area contributed by atoms with Gasteiger partial charge in [0.2, 0.25) is 0 Å². The number of hydrogen-bond acceptors (Lipinski definition) is 2. The van der Waals surface area contributed by atoms with Gasteiger partial charge in [-0.3, -0.25) is 0 Å². The van der Waals surface area contributed by atoms with Crippen molar-refractivity contribution in [2.75, 3.05) is 13.1 Å². The summed E-state index contributed by atoms with van der Waals surface area (Å²) in [5.41, 5.74) is 3.00. The summed E-state index contributed by atoms with van der Waals surface area (Å²) >= 11 is 0. The first-order valence-corrected chi connectivity index (χ1v) is 6.78. The van der Waals surface area contributed by atoms with Crippen LogP contribution < -0.4 is 10.1 Å². The highest BCUT2D eigenvalue weighted by molar-refractivity contribution is 5.38. The van der Waals surface area contributed by atoms with Crippen LogP contribution in [-0.2, 0) is 12.8 Å². The predicted octanol–water partition coefficient (Wildman–Crippen LogP) is 2.94. The van der Waals surface area contributed by atoms with Gasteiger partial charge in [0.05, 0.1) is 6.10 Å². The molecule has 0 heterocycles. The molecule has 2 nitrogen and oxygen atoms in total. The highest BCUT2D eigenvalue weighted by atomic mass is 16.5.